The van der Waals surface area contributed by atoms with E-state index in [1.54, 1.807) is 6.20 Å². The topological polar surface area (TPSA) is 44.2 Å². The second-order valence-electron chi connectivity index (χ2n) is 9.90. The van der Waals surface area contributed by atoms with Gasteiger partial charge in [0.25, 0.3) is 5.88 Å². The number of benzene rings is 1. The number of aromatic nitrogens is 2. The van der Waals surface area contributed by atoms with Crippen LogP contribution in [-0.4, -0.2) is 23.2 Å². The molecule has 4 nitrogen and oxygen atoms in total. The van der Waals surface area contributed by atoms with Gasteiger partial charge < -0.3 is 9.47 Å². The van der Waals surface area contributed by atoms with Crippen LogP contribution in [-0.2, 0) is 0 Å². The molecule has 0 unspecified atom stereocenters. The van der Waals surface area contributed by atoms with Gasteiger partial charge in [-0.2, -0.15) is 4.98 Å². The molecule has 34 heavy (non-hydrogen) atoms. The lowest BCUT2D eigenvalue weighted by Gasteiger charge is -2.13. The summed E-state index contributed by atoms with van der Waals surface area (Å²) in [5.41, 5.74) is 0.997. The highest BCUT2D eigenvalue weighted by Crippen LogP contribution is 2.30. The third-order valence-corrected chi connectivity index (χ3v) is 6.98. The predicted octanol–water partition coefficient (Wildman–Crippen LogP) is 8.79. The molecule has 0 aliphatic heterocycles. The fraction of sp³-hybridized carbons (Fsp3) is 0.667. The number of unbranched alkanes of at least 4 members (excludes halogenated alkanes) is 9. The first-order valence-corrected chi connectivity index (χ1v) is 14.0. The molecule has 1 aliphatic carbocycles. The zero-order valence-corrected chi connectivity index (χ0v) is 21.5. The molecule has 0 bridgehead atoms. The van der Waals surface area contributed by atoms with E-state index in [-0.39, 0.29) is 0 Å². The Morgan fingerprint density at radius 2 is 1.41 bits per heavy atom. The van der Waals surface area contributed by atoms with Gasteiger partial charge in [-0.3, -0.25) is 0 Å². The lowest BCUT2D eigenvalue weighted by atomic mass is 9.99. The van der Waals surface area contributed by atoms with E-state index < -0.39 is 0 Å². The highest BCUT2D eigenvalue weighted by atomic mass is 16.5. The van der Waals surface area contributed by atoms with Gasteiger partial charge in [0.15, 0.2) is 11.6 Å². The Hall–Kier alpha value is -2.10. The van der Waals surface area contributed by atoms with E-state index in [4.69, 9.17) is 14.5 Å². The molecule has 0 atom stereocenters. The molecule has 0 saturated heterocycles. The third kappa shape index (κ3) is 10.0. The predicted molar refractivity (Wildman–Crippen MR) is 141 cm³/mol. The molecule has 1 aromatic heterocycles. The van der Waals surface area contributed by atoms with Crippen LogP contribution in [0.25, 0.3) is 11.4 Å². The summed E-state index contributed by atoms with van der Waals surface area (Å²) < 4.78 is 12.2. The van der Waals surface area contributed by atoms with Crippen LogP contribution in [0.15, 0.2) is 36.5 Å². The molecule has 2 aromatic rings. The molecule has 0 radical (unpaired) electrons. The Morgan fingerprint density at radius 3 is 2.15 bits per heavy atom. The summed E-state index contributed by atoms with van der Waals surface area (Å²) in [5.74, 6) is 2.97. The third-order valence-electron chi connectivity index (χ3n) is 6.98. The molecule has 1 aliphatic rings. The van der Waals surface area contributed by atoms with Gasteiger partial charge in [-0.25, -0.2) is 4.98 Å². The highest BCUT2D eigenvalue weighted by molar-refractivity contribution is 5.56. The Labute approximate surface area is 207 Å². The minimum atomic E-state index is 0.584. The Morgan fingerprint density at radius 1 is 0.765 bits per heavy atom. The van der Waals surface area contributed by atoms with Gasteiger partial charge in [0.1, 0.15) is 0 Å². The van der Waals surface area contributed by atoms with Gasteiger partial charge >= 0.3 is 0 Å². The van der Waals surface area contributed by atoms with Crippen molar-refractivity contribution in [1.82, 2.24) is 9.97 Å². The van der Waals surface area contributed by atoms with Gasteiger partial charge in [0, 0.05) is 5.56 Å². The summed E-state index contributed by atoms with van der Waals surface area (Å²) in [6.45, 7) is 3.62. The zero-order valence-electron chi connectivity index (χ0n) is 21.5. The molecule has 1 heterocycles. The average Bonchev–Trinajstić information content (AvgIpc) is 3.40. The van der Waals surface area contributed by atoms with Gasteiger partial charge in [-0.05, 0) is 18.8 Å². The summed E-state index contributed by atoms with van der Waals surface area (Å²) in [5, 5.41) is 0. The van der Waals surface area contributed by atoms with Crippen LogP contribution >= 0.6 is 0 Å². The number of hydrogen-bond acceptors (Lipinski definition) is 4. The first-order chi connectivity index (χ1) is 16.9. The van der Waals surface area contributed by atoms with Gasteiger partial charge in [0.2, 0.25) is 0 Å². The summed E-state index contributed by atoms with van der Waals surface area (Å²) in [6.07, 6.45) is 22.9. The molecule has 188 valence electrons. The molecular formula is C30H46N2O2. The second-order valence-corrected chi connectivity index (χ2v) is 9.90. The molecule has 1 fully saturated rings. The molecule has 1 aromatic carbocycles. The van der Waals surface area contributed by atoms with Crippen molar-refractivity contribution in [2.75, 3.05) is 13.2 Å². The zero-order chi connectivity index (χ0) is 23.7. The quantitative estimate of drug-likeness (QED) is 0.206. The van der Waals surface area contributed by atoms with E-state index in [0.29, 0.717) is 30.7 Å². The van der Waals surface area contributed by atoms with Crippen LogP contribution in [0.1, 0.15) is 110 Å². The second kappa shape index (κ2) is 16.5. The van der Waals surface area contributed by atoms with Gasteiger partial charge in [0.05, 0.1) is 19.4 Å². The lowest BCUT2D eigenvalue weighted by molar-refractivity contribution is 0.249. The maximum atomic E-state index is 6.12. The molecule has 3 rings (SSSR count). The van der Waals surface area contributed by atoms with Crippen molar-refractivity contribution in [2.45, 2.75) is 110 Å². The Kier molecular flexibility index (Phi) is 12.9. The minimum absolute atomic E-state index is 0.584. The van der Waals surface area contributed by atoms with Crippen molar-refractivity contribution in [2.24, 2.45) is 5.92 Å². The fourth-order valence-electron chi connectivity index (χ4n) is 4.88. The molecule has 0 N–H and O–H groups in total. The van der Waals surface area contributed by atoms with Crippen LogP contribution in [0, 0.1) is 5.92 Å². The summed E-state index contributed by atoms with van der Waals surface area (Å²) in [7, 11) is 0. The van der Waals surface area contributed by atoms with E-state index in [1.807, 2.05) is 30.3 Å². The van der Waals surface area contributed by atoms with E-state index in [9.17, 15) is 0 Å². The monoisotopic (exact) mass is 466 g/mol. The highest BCUT2D eigenvalue weighted by Gasteiger charge is 2.14. The van der Waals surface area contributed by atoms with Crippen molar-refractivity contribution < 1.29 is 9.47 Å². The van der Waals surface area contributed by atoms with Gasteiger partial charge in [-0.15, -0.1) is 0 Å². The van der Waals surface area contributed by atoms with Crippen molar-refractivity contribution in [1.29, 1.82) is 0 Å². The van der Waals surface area contributed by atoms with Crippen LogP contribution in [0.5, 0.6) is 11.6 Å². The Bertz CT molecular complexity index is 775. The lowest BCUT2D eigenvalue weighted by Crippen LogP contribution is -2.06. The first kappa shape index (κ1) is 26.5. The molecule has 0 amide bonds. The number of hydrogen-bond donors (Lipinski definition) is 0. The van der Waals surface area contributed by atoms with Crippen LogP contribution in [0.4, 0.5) is 0 Å². The van der Waals surface area contributed by atoms with E-state index >= 15 is 0 Å². The Balaban J connectivity index is 1.41. The van der Waals surface area contributed by atoms with E-state index in [1.165, 1.54) is 89.9 Å². The van der Waals surface area contributed by atoms with E-state index in [2.05, 4.69) is 11.9 Å². The molecule has 4 heteroatoms. The van der Waals surface area contributed by atoms with Crippen LogP contribution in [0.3, 0.4) is 0 Å². The number of ether oxygens (including phenoxy) is 2. The van der Waals surface area contributed by atoms with Gasteiger partial charge in [-0.1, -0.05) is 127 Å². The largest absolute Gasteiger partial charge is 0.487 e. The number of rotatable bonds is 18. The van der Waals surface area contributed by atoms with Crippen LogP contribution < -0.4 is 9.47 Å². The van der Waals surface area contributed by atoms with Crippen molar-refractivity contribution in [3.05, 3.63) is 36.5 Å². The summed E-state index contributed by atoms with van der Waals surface area (Å²) >= 11 is 0. The summed E-state index contributed by atoms with van der Waals surface area (Å²) in [6, 6.07) is 10.1. The SMILES string of the molecule is CCCCCCCCOc1cnc(-c2ccccc2)nc1OCCCCCCCC1CCCC1. The van der Waals surface area contributed by atoms with Crippen molar-refractivity contribution >= 4 is 0 Å². The smallest absolute Gasteiger partial charge is 0.260 e. The van der Waals surface area contributed by atoms with Crippen LogP contribution in [0.2, 0.25) is 0 Å². The van der Waals surface area contributed by atoms with E-state index in [0.717, 1.165) is 24.3 Å². The summed E-state index contributed by atoms with van der Waals surface area (Å²) in [4.78, 5) is 9.26. The molecule has 0 spiro atoms. The minimum Gasteiger partial charge on any atom is -0.487 e. The molecular weight excluding hydrogens is 420 g/mol. The molecule has 1 saturated carbocycles. The van der Waals surface area contributed by atoms with Crippen molar-refractivity contribution in [3.63, 3.8) is 0 Å². The van der Waals surface area contributed by atoms with Crippen molar-refractivity contribution in [3.8, 4) is 23.0 Å². The standard InChI is InChI=1S/C30H46N2O2/c1-2-3-4-5-8-16-23-33-28-25-31-29(27-21-12-10-13-22-27)32-30(28)34-24-17-9-6-7-11-18-26-19-14-15-20-26/h10,12-13,21-22,25-26H,2-9,11,14-20,23-24H2,1H3. The average molecular weight is 467 g/mol. The first-order valence-electron chi connectivity index (χ1n) is 14.0. The normalized spacial score (nSPS) is 13.9. The fourth-order valence-corrected chi connectivity index (χ4v) is 4.88. The maximum Gasteiger partial charge on any atom is 0.260 e. The number of nitrogens with zero attached hydrogens (tertiary/aromatic N) is 2. The maximum absolute atomic E-state index is 6.12.